The second kappa shape index (κ2) is 8.36. The second-order valence-electron chi connectivity index (χ2n) is 7.66. The number of aromatic nitrogens is 2. The normalized spacial score (nSPS) is 19.0. The van der Waals surface area contributed by atoms with Crippen LogP contribution >= 0.6 is 0 Å². The summed E-state index contributed by atoms with van der Waals surface area (Å²) < 4.78 is 37.9. The van der Waals surface area contributed by atoms with Crippen LogP contribution in [0.15, 0.2) is 23.0 Å². The Labute approximate surface area is 166 Å². The molecule has 156 valence electrons. The van der Waals surface area contributed by atoms with Gasteiger partial charge in [0.15, 0.2) is 0 Å². The summed E-state index contributed by atoms with van der Waals surface area (Å²) in [5.41, 5.74) is 2.37. The summed E-state index contributed by atoms with van der Waals surface area (Å²) in [4.78, 5) is 12.2. The molecule has 1 atom stereocenters. The molecule has 0 bridgehead atoms. The molecule has 8 nitrogen and oxygen atoms in total. The van der Waals surface area contributed by atoms with E-state index in [9.17, 15) is 13.2 Å². The molecule has 0 saturated carbocycles. The van der Waals surface area contributed by atoms with Gasteiger partial charge in [-0.15, -0.1) is 0 Å². The lowest BCUT2D eigenvalue weighted by Crippen LogP contribution is -2.48. The van der Waals surface area contributed by atoms with Crippen LogP contribution in [0.2, 0.25) is 0 Å². The maximum absolute atomic E-state index is 13.3. The number of methoxy groups -OCH3 is 1. The summed E-state index contributed by atoms with van der Waals surface area (Å²) in [5.74, 6) is 0.364. The van der Waals surface area contributed by atoms with E-state index in [0.29, 0.717) is 25.6 Å². The molecule has 1 aliphatic rings. The third-order valence-corrected chi connectivity index (χ3v) is 7.46. The van der Waals surface area contributed by atoms with E-state index in [1.807, 2.05) is 18.2 Å². The zero-order valence-corrected chi connectivity index (χ0v) is 17.9. The van der Waals surface area contributed by atoms with Crippen LogP contribution in [-0.2, 0) is 35.6 Å². The van der Waals surface area contributed by atoms with Crippen LogP contribution in [0.1, 0.15) is 25.3 Å². The van der Waals surface area contributed by atoms with Gasteiger partial charge in [-0.3, -0.25) is 9.13 Å². The van der Waals surface area contributed by atoms with Gasteiger partial charge in [-0.1, -0.05) is 13.0 Å². The number of hydrogen-bond donors (Lipinski definition) is 0. The minimum Gasteiger partial charge on any atom is -0.383 e. The van der Waals surface area contributed by atoms with Crippen molar-refractivity contribution < 1.29 is 13.2 Å². The van der Waals surface area contributed by atoms with Crippen molar-refractivity contribution in [1.82, 2.24) is 17.7 Å². The zero-order chi connectivity index (χ0) is 20.5. The average molecular weight is 411 g/mol. The first-order chi connectivity index (χ1) is 13.3. The molecule has 9 heteroatoms. The van der Waals surface area contributed by atoms with Crippen molar-refractivity contribution in [3.05, 3.63) is 34.2 Å². The SMILES string of the molecule is COCCN(Cc1ccc2c(c1)n(C)c(=O)n2C)S(=O)(=O)N1CCCC(C)C1. The minimum absolute atomic E-state index is 0.0988. The Hall–Kier alpha value is -1.68. The van der Waals surface area contributed by atoms with E-state index >= 15 is 0 Å². The minimum atomic E-state index is -3.58. The molecule has 1 aromatic carbocycles. The third kappa shape index (κ3) is 4.03. The van der Waals surface area contributed by atoms with Gasteiger partial charge < -0.3 is 4.74 Å². The summed E-state index contributed by atoms with van der Waals surface area (Å²) in [6.45, 7) is 4.06. The van der Waals surface area contributed by atoms with Crippen LogP contribution in [0.4, 0.5) is 0 Å². The number of aryl methyl sites for hydroxylation is 2. The number of imidazole rings is 1. The van der Waals surface area contributed by atoms with Gasteiger partial charge in [-0.2, -0.15) is 17.0 Å². The average Bonchev–Trinajstić information content (AvgIpc) is 2.89. The number of ether oxygens (including phenoxy) is 1. The Balaban J connectivity index is 1.91. The van der Waals surface area contributed by atoms with Crippen molar-refractivity contribution in [2.75, 3.05) is 33.4 Å². The van der Waals surface area contributed by atoms with Crippen molar-refractivity contribution in [1.29, 1.82) is 0 Å². The van der Waals surface area contributed by atoms with Gasteiger partial charge >= 0.3 is 5.69 Å². The molecular weight excluding hydrogens is 380 g/mol. The summed E-state index contributed by atoms with van der Waals surface area (Å²) in [5, 5.41) is 0. The number of nitrogens with zero attached hydrogens (tertiary/aromatic N) is 4. The van der Waals surface area contributed by atoms with Gasteiger partial charge in [-0.05, 0) is 36.5 Å². The number of fused-ring (bicyclic) bond motifs is 1. The van der Waals surface area contributed by atoms with Crippen LogP contribution in [0.25, 0.3) is 11.0 Å². The maximum Gasteiger partial charge on any atom is 0.328 e. The fourth-order valence-electron chi connectivity index (χ4n) is 3.84. The molecule has 2 heterocycles. The van der Waals surface area contributed by atoms with Crippen LogP contribution in [0.5, 0.6) is 0 Å². The molecule has 1 unspecified atom stereocenters. The lowest BCUT2D eigenvalue weighted by Gasteiger charge is -2.34. The second-order valence-corrected chi connectivity index (χ2v) is 9.59. The van der Waals surface area contributed by atoms with Crippen LogP contribution in [0, 0.1) is 5.92 Å². The monoisotopic (exact) mass is 410 g/mol. The Bertz CT molecular complexity index is 995. The fraction of sp³-hybridized carbons (Fsp3) is 0.632. The molecule has 0 radical (unpaired) electrons. The summed E-state index contributed by atoms with van der Waals surface area (Å²) in [6.07, 6.45) is 1.94. The Morgan fingerprint density at radius 2 is 1.93 bits per heavy atom. The molecule has 0 spiro atoms. The van der Waals surface area contributed by atoms with Gasteiger partial charge in [0.2, 0.25) is 0 Å². The highest BCUT2D eigenvalue weighted by atomic mass is 32.2. The number of piperidine rings is 1. The molecule has 1 saturated heterocycles. The van der Waals surface area contributed by atoms with E-state index in [-0.39, 0.29) is 18.8 Å². The van der Waals surface area contributed by atoms with Gasteiger partial charge in [0, 0.05) is 47.4 Å². The largest absolute Gasteiger partial charge is 0.383 e. The number of benzene rings is 1. The van der Waals surface area contributed by atoms with Crippen molar-refractivity contribution in [2.45, 2.75) is 26.3 Å². The molecule has 1 fully saturated rings. The van der Waals surface area contributed by atoms with Gasteiger partial charge in [-0.25, -0.2) is 4.79 Å². The van der Waals surface area contributed by atoms with Crippen molar-refractivity contribution >= 4 is 21.2 Å². The van der Waals surface area contributed by atoms with E-state index in [1.54, 1.807) is 34.6 Å². The number of rotatable bonds is 7. The fourth-order valence-corrected chi connectivity index (χ4v) is 5.59. The molecule has 1 aromatic heterocycles. The number of hydrogen-bond acceptors (Lipinski definition) is 4. The molecule has 2 aromatic rings. The van der Waals surface area contributed by atoms with Gasteiger partial charge in [0.25, 0.3) is 10.2 Å². The predicted octanol–water partition coefficient (Wildman–Crippen LogP) is 1.30. The molecular formula is C19H30N4O4S. The Morgan fingerprint density at radius 1 is 1.21 bits per heavy atom. The first kappa shape index (κ1) is 21.0. The first-order valence-electron chi connectivity index (χ1n) is 9.64. The van der Waals surface area contributed by atoms with E-state index in [1.165, 1.54) is 4.31 Å². The highest BCUT2D eigenvalue weighted by Gasteiger charge is 2.32. The predicted molar refractivity (Wildman–Crippen MR) is 109 cm³/mol. The first-order valence-corrected chi connectivity index (χ1v) is 11.0. The highest BCUT2D eigenvalue weighted by molar-refractivity contribution is 7.86. The quantitative estimate of drug-likeness (QED) is 0.690. The maximum atomic E-state index is 13.3. The van der Waals surface area contributed by atoms with Crippen molar-refractivity contribution in [3.8, 4) is 0 Å². The summed E-state index contributed by atoms with van der Waals surface area (Å²) in [7, 11) is 1.45. The van der Waals surface area contributed by atoms with E-state index in [4.69, 9.17) is 4.74 Å². The third-order valence-electron chi connectivity index (χ3n) is 5.51. The highest BCUT2D eigenvalue weighted by Crippen LogP contribution is 2.23. The van der Waals surface area contributed by atoms with E-state index in [0.717, 1.165) is 29.4 Å². The Kier molecular flexibility index (Phi) is 6.28. The standard InChI is InChI=1S/C19H30N4O4S/c1-15-6-5-9-22(13-15)28(25,26)23(10-11-27-4)14-16-7-8-17-18(12-16)21(3)19(24)20(17)2/h7-8,12,15H,5-6,9-11,13-14H2,1-4H3. The summed E-state index contributed by atoms with van der Waals surface area (Å²) in [6, 6.07) is 5.65. The molecule has 1 aliphatic heterocycles. The lowest BCUT2D eigenvalue weighted by molar-refractivity contribution is 0.171. The molecule has 28 heavy (non-hydrogen) atoms. The zero-order valence-electron chi connectivity index (χ0n) is 17.1. The van der Waals surface area contributed by atoms with Crippen molar-refractivity contribution in [3.63, 3.8) is 0 Å². The van der Waals surface area contributed by atoms with Crippen LogP contribution in [-0.4, -0.2) is 59.5 Å². The topological polar surface area (TPSA) is 76.8 Å². The van der Waals surface area contributed by atoms with Gasteiger partial charge in [0.05, 0.1) is 17.6 Å². The van der Waals surface area contributed by atoms with E-state index in [2.05, 4.69) is 6.92 Å². The van der Waals surface area contributed by atoms with Gasteiger partial charge in [0.1, 0.15) is 0 Å². The smallest absolute Gasteiger partial charge is 0.328 e. The molecule has 0 amide bonds. The molecule has 3 rings (SSSR count). The van der Waals surface area contributed by atoms with Crippen molar-refractivity contribution in [2.24, 2.45) is 20.0 Å². The lowest BCUT2D eigenvalue weighted by atomic mass is 10.0. The Morgan fingerprint density at radius 3 is 2.61 bits per heavy atom. The molecule has 0 N–H and O–H groups in total. The van der Waals surface area contributed by atoms with Crippen LogP contribution < -0.4 is 5.69 Å². The summed E-state index contributed by atoms with van der Waals surface area (Å²) >= 11 is 0. The molecule has 0 aliphatic carbocycles. The van der Waals surface area contributed by atoms with Crippen LogP contribution in [0.3, 0.4) is 0 Å². The van der Waals surface area contributed by atoms with E-state index < -0.39 is 10.2 Å².